The molecule has 0 spiro atoms. The van der Waals surface area contributed by atoms with Gasteiger partial charge in [0.25, 0.3) is 0 Å². The Balaban J connectivity index is 1.79. The average molecular weight is 341 g/mol. The molecule has 2 aliphatic rings. The number of thioether (sulfide) groups is 1. The van der Waals surface area contributed by atoms with Crippen LogP contribution in [0.25, 0.3) is 0 Å². The minimum Gasteiger partial charge on any atom is -0.384 e. The van der Waals surface area contributed by atoms with Crippen molar-refractivity contribution in [1.29, 1.82) is 0 Å². The van der Waals surface area contributed by atoms with Gasteiger partial charge in [0, 0.05) is 29.3 Å². The number of amides is 1. The second-order valence-electron chi connectivity index (χ2n) is 5.99. The summed E-state index contributed by atoms with van der Waals surface area (Å²) < 4.78 is 5.30. The maximum atomic E-state index is 12.8. The molecule has 2 heterocycles. The number of hydrogen-bond donors (Lipinski definition) is 2. The van der Waals surface area contributed by atoms with Crippen LogP contribution in [0.4, 0.5) is 0 Å². The molecule has 4 nitrogen and oxygen atoms in total. The van der Waals surface area contributed by atoms with Gasteiger partial charge in [-0.2, -0.15) is 0 Å². The molecule has 1 fully saturated rings. The van der Waals surface area contributed by atoms with Crippen LogP contribution in [0.5, 0.6) is 0 Å². The Kier molecular flexibility index (Phi) is 4.97. The van der Waals surface area contributed by atoms with E-state index in [0.717, 1.165) is 35.7 Å². The highest BCUT2D eigenvalue weighted by molar-refractivity contribution is 7.99. The number of halogens is 1. The van der Waals surface area contributed by atoms with E-state index in [1.165, 1.54) is 4.90 Å². The van der Waals surface area contributed by atoms with Crippen molar-refractivity contribution < 1.29 is 9.53 Å². The van der Waals surface area contributed by atoms with Crippen LogP contribution in [0.15, 0.2) is 23.1 Å². The Hall–Kier alpha value is -0.750. The van der Waals surface area contributed by atoms with Crippen molar-refractivity contribution >= 4 is 29.3 Å². The molecule has 120 valence electrons. The fourth-order valence-corrected chi connectivity index (χ4v) is 4.52. The summed E-state index contributed by atoms with van der Waals surface area (Å²) >= 11 is 7.95. The van der Waals surface area contributed by atoms with Crippen LogP contribution in [0.2, 0.25) is 5.02 Å². The summed E-state index contributed by atoms with van der Waals surface area (Å²) in [6.45, 7) is 1.99. The number of fused-ring (bicyclic) bond motifs is 1. The quantitative estimate of drug-likeness (QED) is 0.884. The molecule has 0 bridgehead atoms. The van der Waals surface area contributed by atoms with Crippen molar-refractivity contribution in [3.63, 3.8) is 0 Å². The Labute approximate surface area is 140 Å². The number of nitrogens with one attached hydrogen (secondary N) is 2. The van der Waals surface area contributed by atoms with Crippen molar-refractivity contribution in [1.82, 2.24) is 10.6 Å². The van der Waals surface area contributed by atoms with E-state index in [0.29, 0.717) is 13.2 Å². The van der Waals surface area contributed by atoms with Crippen LogP contribution in [-0.2, 0) is 9.53 Å². The van der Waals surface area contributed by atoms with E-state index in [9.17, 15) is 4.79 Å². The first-order chi connectivity index (χ1) is 10.6. The summed E-state index contributed by atoms with van der Waals surface area (Å²) in [5, 5.41) is 7.23. The monoisotopic (exact) mass is 340 g/mol. The Morgan fingerprint density at radius 3 is 3.18 bits per heavy atom. The zero-order chi connectivity index (χ0) is 15.6. The Morgan fingerprint density at radius 1 is 1.59 bits per heavy atom. The van der Waals surface area contributed by atoms with Crippen LogP contribution in [0.3, 0.4) is 0 Å². The van der Waals surface area contributed by atoms with E-state index in [-0.39, 0.29) is 11.9 Å². The second kappa shape index (κ2) is 6.79. The highest BCUT2D eigenvalue weighted by Gasteiger charge is 2.42. The standard InChI is InChI=1S/C16H21ClN2O2S/c1-21-10-16(5-6-18-9-16)15(20)19-13-4-7-22-14-3-2-11(17)8-12(13)14/h2-3,8,13,18H,4-7,9-10H2,1H3,(H,19,20). The summed E-state index contributed by atoms with van der Waals surface area (Å²) in [7, 11) is 1.65. The van der Waals surface area contributed by atoms with Gasteiger partial charge in [-0.05, 0) is 43.1 Å². The second-order valence-corrected chi connectivity index (χ2v) is 7.56. The first kappa shape index (κ1) is 16.1. The molecule has 2 aliphatic heterocycles. The minimum atomic E-state index is -0.446. The number of methoxy groups -OCH3 is 1. The van der Waals surface area contributed by atoms with E-state index in [1.54, 1.807) is 7.11 Å². The number of carbonyl (C=O) groups is 1. The van der Waals surface area contributed by atoms with Gasteiger partial charge in [-0.25, -0.2) is 0 Å². The summed E-state index contributed by atoms with van der Waals surface area (Å²) in [6.07, 6.45) is 1.75. The molecular weight excluding hydrogens is 320 g/mol. The molecule has 2 unspecified atom stereocenters. The topological polar surface area (TPSA) is 50.4 Å². The first-order valence-corrected chi connectivity index (χ1v) is 8.94. The minimum absolute atomic E-state index is 0.0387. The largest absolute Gasteiger partial charge is 0.384 e. The van der Waals surface area contributed by atoms with Crippen molar-refractivity contribution in [3.05, 3.63) is 28.8 Å². The molecule has 6 heteroatoms. The van der Waals surface area contributed by atoms with Crippen molar-refractivity contribution in [2.24, 2.45) is 5.41 Å². The SMILES string of the molecule is COCC1(C(=O)NC2CCSc3ccc(Cl)cc32)CCNC1. The van der Waals surface area contributed by atoms with Gasteiger partial charge in [0.05, 0.1) is 18.1 Å². The number of rotatable bonds is 4. The molecule has 0 radical (unpaired) electrons. The fourth-order valence-electron chi connectivity index (χ4n) is 3.23. The molecule has 3 rings (SSSR count). The summed E-state index contributed by atoms with van der Waals surface area (Å²) in [6, 6.07) is 5.97. The molecule has 0 aromatic heterocycles. The Morgan fingerprint density at radius 2 is 2.45 bits per heavy atom. The highest BCUT2D eigenvalue weighted by atomic mass is 35.5. The van der Waals surface area contributed by atoms with Crippen LogP contribution in [0, 0.1) is 5.41 Å². The van der Waals surface area contributed by atoms with E-state index >= 15 is 0 Å². The first-order valence-electron chi connectivity index (χ1n) is 7.57. The number of benzene rings is 1. The molecule has 1 aromatic rings. The lowest BCUT2D eigenvalue weighted by Crippen LogP contribution is -2.47. The van der Waals surface area contributed by atoms with Crippen LogP contribution in [0.1, 0.15) is 24.4 Å². The molecule has 2 atom stereocenters. The van der Waals surface area contributed by atoms with E-state index in [1.807, 2.05) is 30.0 Å². The number of carbonyl (C=O) groups excluding carboxylic acids is 1. The third-order valence-electron chi connectivity index (χ3n) is 4.46. The molecule has 2 N–H and O–H groups in total. The fraction of sp³-hybridized carbons (Fsp3) is 0.562. The third kappa shape index (κ3) is 3.13. The molecule has 1 amide bonds. The summed E-state index contributed by atoms with van der Waals surface area (Å²) in [5.74, 6) is 1.09. The van der Waals surface area contributed by atoms with E-state index < -0.39 is 5.41 Å². The normalized spacial score (nSPS) is 27.5. The van der Waals surface area contributed by atoms with Gasteiger partial charge in [-0.15, -0.1) is 11.8 Å². The lowest BCUT2D eigenvalue weighted by Gasteiger charge is -2.31. The molecule has 0 saturated carbocycles. The van der Waals surface area contributed by atoms with Crippen molar-refractivity contribution in [2.75, 3.05) is 32.6 Å². The zero-order valence-corrected chi connectivity index (χ0v) is 14.2. The van der Waals surface area contributed by atoms with Gasteiger partial charge >= 0.3 is 0 Å². The predicted molar refractivity (Wildman–Crippen MR) is 89.5 cm³/mol. The molecule has 1 aromatic carbocycles. The molecule has 0 aliphatic carbocycles. The third-order valence-corrected chi connectivity index (χ3v) is 5.82. The lowest BCUT2D eigenvalue weighted by atomic mass is 9.86. The van der Waals surface area contributed by atoms with Gasteiger partial charge in [0.15, 0.2) is 0 Å². The Bertz CT molecular complexity index is 561. The predicted octanol–water partition coefficient (Wildman–Crippen LogP) is 2.62. The van der Waals surface area contributed by atoms with Gasteiger partial charge < -0.3 is 15.4 Å². The van der Waals surface area contributed by atoms with Crippen molar-refractivity contribution in [3.8, 4) is 0 Å². The lowest BCUT2D eigenvalue weighted by molar-refractivity contribution is -0.133. The van der Waals surface area contributed by atoms with Crippen molar-refractivity contribution in [2.45, 2.75) is 23.8 Å². The molecule has 1 saturated heterocycles. The molecular formula is C16H21ClN2O2S. The van der Waals surface area contributed by atoms with Crippen LogP contribution < -0.4 is 10.6 Å². The number of ether oxygens (including phenoxy) is 1. The summed E-state index contributed by atoms with van der Waals surface area (Å²) in [5.41, 5.74) is 0.688. The van der Waals surface area contributed by atoms with E-state index in [2.05, 4.69) is 10.6 Å². The summed E-state index contributed by atoms with van der Waals surface area (Å²) in [4.78, 5) is 14.1. The molecule has 22 heavy (non-hydrogen) atoms. The van der Waals surface area contributed by atoms with Gasteiger partial charge in [0.1, 0.15) is 0 Å². The maximum absolute atomic E-state index is 12.8. The van der Waals surface area contributed by atoms with E-state index in [4.69, 9.17) is 16.3 Å². The van der Waals surface area contributed by atoms with Crippen LogP contribution in [-0.4, -0.2) is 38.5 Å². The van der Waals surface area contributed by atoms with Gasteiger partial charge in [-0.3, -0.25) is 4.79 Å². The van der Waals surface area contributed by atoms with Crippen LogP contribution >= 0.6 is 23.4 Å². The number of hydrogen-bond acceptors (Lipinski definition) is 4. The van der Waals surface area contributed by atoms with Gasteiger partial charge in [-0.1, -0.05) is 11.6 Å². The maximum Gasteiger partial charge on any atom is 0.230 e. The average Bonchev–Trinajstić information content (AvgIpc) is 2.98. The highest BCUT2D eigenvalue weighted by Crippen LogP contribution is 2.38. The van der Waals surface area contributed by atoms with Gasteiger partial charge in [0.2, 0.25) is 5.91 Å². The zero-order valence-electron chi connectivity index (χ0n) is 12.7. The smallest absolute Gasteiger partial charge is 0.230 e.